The first-order valence-electron chi connectivity index (χ1n) is 7.93. The van der Waals surface area contributed by atoms with Gasteiger partial charge in [0.05, 0.1) is 35.4 Å². The van der Waals surface area contributed by atoms with Gasteiger partial charge in [-0.3, -0.25) is 0 Å². The zero-order valence-electron chi connectivity index (χ0n) is 13.7. The third kappa shape index (κ3) is 2.95. The van der Waals surface area contributed by atoms with Crippen molar-refractivity contribution in [3.63, 3.8) is 0 Å². The maximum atomic E-state index is 11.8. The molecular weight excluding hydrogens is 304 g/mol. The van der Waals surface area contributed by atoms with Crippen LogP contribution in [-0.2, 0) is 4.74 Å². The number of hydrogen-bond donors (Lipinski definition) is 2. The lowest BCUT2D eigenvalue weighted by atomic mass is 10.1. The molecule has 1 heterocycles. The smallest absolute Gasteiger partial charge is 0.340 e. The summed E-state index contributed by atoms with van der Waals surface area (Å²) in [6, 6.07) is 13.3. The number of piperazine rings is 1. The number of ether oxygens (including phenoxy) is 1. The van der Waals surface area contributed by atoms with Crippen molar-refractivity contribution in [2.45, 2.75) is 0 Å². The third-order valence-electron chi connectivity index (χ3n) is 4.39. The normalized spacial score (nSPS) is 14.5. The molecule has 0 saturated carbocycles. The molecule has 3 rings (SSSR count). The predicted molar refractivity (Wildman–Crippen MR) is 97.5 cm³/mol. The summed E-state index contributed by atoms with van der Waals surface area (Å²) >= 11 is 0. The highest BCUT2D eigenvalue weighted by atomic mass is 16.5. The number of nitrogen functional groups attached to an aromatic ring is 2. The number of nitrogens with two attached hydrogens (primary N) is 2. The fraction of sp³-hybridized carbons (Fsp3) is 0.278. The molecule has 126 valence electrons. The van der Waals surface area contributed by atoms with Gasteiger partial charge in [0, 0.05) is 26.2 Å². The molecule has 0 radical (unpaired) electrons. The molecule has 2 aromatic carbocycles. The lowest BCUT2D eigenvalue weighted by Gasteiger charge is -2.38. The first kappa shape index (κ1) is 16.0. The molecule has 6 nitrogen and oxygen atoms in total. The highest BCUT2D eigenvalue weighted by Gasteiger charge is 2.22. The van der Waals surface area contributed by atoms with Gasteiger partial charge < -0.3 is 26.0 Å². The number of hydrogen-bond acceptors (Lipinski definition) is 6. The number of para-hydroxylation sites is 3. The van der Waals surface area contributed by atoms with Crippen molar-refractivity contribution in [2.75, 3.05) is 54.6 Å². The predicted octanol–water partition coefficient (Wildman–Crippen LogP) is 1.96. The summed E-state index contributed by atoms with van der Waals surface area (Å²) in [5, 5.41) is 0. The number of rotatable bonds is 3. The number of nitrogens with zero attached hydrogens (tertiary/aromatic N) is 2. The van der Waals surface area contributed by atoms with Crippen molar-refractivity contribution in [3.8, 4) is 0 Å². The van der Waals surface area contributed by atoms with Gasteiger partial charge >= 0.3 is 5.97 Å². The van der Waals surface area contributed by atoms with E-state index in [1.54, 1.807) is 6.07 Å². The number of anilines is 4. The van der Waals surface area contributed by atoms with Crippen LogP contribution in [0.1, 0.15) is 10.4 Å². The summed E-state index contributed by atoms with van der Waals surface area (Å²) in [5.41, 5.74) is 15.9. The number of methoxy groups -OCH3 is 1. The fourth-order valence-electron chi connectivity index (χ4n) is 3.08. The van der Waals surface area contributed by atoms with E-state index in [1.165, 1.54) is 7.11 Å². The summed E-state index contributed by atoms with van der Waals surface area (Å²) in [6.45, 7) is 3.30. The maximum Gasteiger partial charge on any atom is 0.340 e. The highest BCUT2D eigenvalue weighted by Crippen LogP contribution is 2.30. The lowest BCUT2D eigenvalue weighted by molar-refractivity contribution is 0.0602. The molecule has 24 heavy (non-hydrogen) atoms. The molecule has 0 amide bonds. The summed E-state index contributed by atoms with van der Waals surface area (Å²) in [5.74, 6) is -0.412. The SMILES string of the molecule is COC(=O)c1cccc(N2CCN(c3ccccc3N)CC2)c1N. The molecule has 0 unspecified atom stereocenters. The van der Waals surface area contributed by atoms with Crippen molar-refractivity contribution in [1.29, 1.82) is 0 Å². The number of carbonyl (C=O) groups excluding carboxylic acids is 1. The highest BCUT2D eigenvalue weighted by molar-refractivity contribution is 5.98. The van der Waals surface area contributed by atoms with Crippen LogP contribution in [0.15, 0.2) is 42.5 Å². The fourth-order valence-corrected chi connectivity index (χ4v) is 3.08. The molecular formula is C18H22N4O2. The van der Waals surface area contributed by atoms with E-state index in [2.05, 4.69) is 9.80 Å². The van der Waals surface area contributed by atoms with Crippen molar-refractivity contribution < 1.29 is 9.53 Å². The molecule has 1 saturated heterocycles. The van der Waals surface area contributed by atoms with Gasteiger partial charge in [-0.1, -0.05) is 18.2 Å². The van der Waals surface area contributed by atoms with E-state index in [0.29, 0.717) is 11.3 Å². The van der Waals surface area contributed by atoms with Crippen molar-refractivity contribution in [3.05, 3.63) is 48.0 Å². The first-order valence-corrected chi connectivity index (χ1v) is 7.93. The average molecular weight is 326 g/mol. The minimum atomic E-state index is -0.412. The summed E-state index contributed by atoms with van der Waals surface area (Å²) < 4.78 is 4.79. The van der Waals surface area contributed by atoms with Crippen LogP contribution in [0.2, 0.25) is 0 Å². The van der Waals surface area contributed by atoms with Crippen LogP contribution in [0.4, 0.5) is 22.7 Å². The lowest BCUT2D eigenvalue weighted by Crippen LogP contribution is -2.47. The maximum absolute atomic E-state index is 11.8. The Morgan fingerprint density at radius 1 is 0.917 bits per heavy atom. The van der Waals surface area contributed by atoms with E-state index in [-0.39, 0.29) is 0 Å². The van der Waals surface area contributed by atoms with Gasteiger partial charge in [0.2, 0.25) is 0 Å². The second kappa shape index (κ2) is 6.70. The van der Waals surface area contributed by atoms with E-state index in [1.807, 2.05) is 36.4 Å². The molecule has 0 bridgehead atoms. The van der Waals surface area contributed by atoms with Crippen LogP contribution in [-0.4, -0.2) is 39.3 Å². The second-order valence-corrected chi connectivity index (χ2v) is 5.76. The molecule has 0 atom stereocenters. The Morgan fingerprint density at radius 3 is 2.12 bits per heavy atom. The largest absolute Gasteiger partial charge is 0.465 e. The van der Waals surface area contributed by atoms with Crippen molar-refractivity contribution >= 4 is 28.7 Å². The number of benzene rings is 2. The van der Waals surface area contributed by atoms with Crippen molar-refractivity contribution in [1.82, 2.24) is 0 Å². The van der Waals surface area contributed by atoms with Gasteiger partial charge in [0.25, 0.3) is 0 Å². The molecule has 1 aliphatic rings. The topological polar surface area (TPSA) is 84.8 Å². The Morgan fingerprint density at radius 2 is 1.50 bits per heavy atom. The van der Waals surface area contributed by atoms with E-state index < -0.39 is 5.97 Å². The van der Waals surface area contributed by atoms with E-state index in [0.717, 1.165) is 43.2 Å². The Bertz CT molecular complexity index is 740. The molecule has 1 fully saturated rings. The quantitative estimate of drug-likeness (QED) is 0.662. The van der Waals surface area contributed by atoms with Gasteiger partial charge in [0.1, 0.15) is 0 Å². The van der Waals surface area contributed by atoms with Gasteiger partial charge in [0.15, 0.2) is 0 Å². The van der Waals surface area contributed by atoms with Crippen LogP contribution in [0, 0.1) is 0 Å². The molecule has 0 aromatic heterocycles. The zero-order chi connectivity index (χ0) is 17.1. The van der Waals surface area contributed by atoms with Crippen LogP contribution in [0.5, 0.6) is 0 Å². The van der Waals surface area contributed by atoms with Gasteiger partial charge in [-0.05, 0) is 24.3 Å². The van der Waals surface area contributed by atoms with E-state index >= 15 is 0 Å². The number of carbonyl (C=O) groups is 1. The summed E-state index contributed by atoms with van der Waals surface area (Å²) in [4.78, 5) is 16.3. The molecule has 2 aromatic rings. The summed E-state index contributed by atoms with van der Waals surface area (Å²) in [6.07, 6.45) is 0. The Hall–Kier alpha value is -2.89. The monoisotopic (exact) mass is 326 g/mol. The van der Waals surface area contributed by atoms with Gasteiger partial charge in [-0.15, -0.1) is 0 Å². The minimum absolute atomic E-state index is 0.407. The molecule has 0 aliphatic carbocycles. The third-order valence-corrected chi connectivity index (χ3v) is 4.39. The first-order chi connectivity index (χ1) is 11.6. The van der Waals surface area contributed by atoms with Gasteiger partial charge in [-0.2, -0.15) is 0 Å². The van der Waals surface area contributed by atoms with Crippen LogP contribution >= 0.6 is 0 Å². The molecule has 6 heteroatoms. The average Bonchev–Trinajstić information content (AvgIpc) is 2.62. The molecule has 1 aliphatic heterocycles. The molecule has 0 spiro atoms. The minimum Gasteiger partial charge on any atom is -0.465 e. The Kier molecular flexibility index (Phi) is 4.46. The number of esters is 1. The molecule has 4 N–H and O–H groups in total. The van der Waals surface area contributed by atoms with Crippen LogP contribution in [0.25, 0.3) is 0 Å². The second-order valence-electron chi connectivity index (χ2n) is 5.76. The summed E-state index contributed by atoms with van der Waals surface area (Å²) in [7, 11) is 1.36. The van der Waals surface area contributed by atoms with Gasteiger partial charge in [-0.25, -0.2) is 4.79 Å². The standard InChI is InChI=1S/C18H22N4O2/c1-24-18(23)13-5-4-8-16(17(13)20)22-11-9-21(10-12-22)15-7-3-2-6-14(15)19/h2-8H,9-12,19-20H2,1H3. The van der Waals surface area contributed by atoms with E-state index in [9.17, 15) is 4.79 Å². The Balaban J connectivity index is 1.76. The zero-order valence-corrected chi connectivity index (χ0v) is 13.7. The van der Waals surface area contributed by atoms with E-state index in [4.69, 9.17) is 16.2 Å². The van der Waals surface area contributed by atoms with Crippen LogP contribution < -0.4 is 21.3 Å². The van der Waals surface area contributed by atoms with Crippen molar-refractivity contribution in [2.24, 2.45) is 0 Å². The van der Waals surface area contributed by atoms with Crippen LogP contribution in [0.3, 0.4) is 0 Å². The Labute approximate surface area is 141 Å².